The van der Waals surface area contributed by atoms with Gasteiger partial charge in [-0.2, -0.15) is 0 Å². The first-order valence-electron chi connectivity index (χ1n) is 4.11. The fourth-order valence-electron chi connectivity index (χ4n) is 0.847. The molecule has 3 nitrogen and oxygen atoms in total. The van der Waals surface area contributed by atoms with E-state index in [-0.39, 0.29) is 18.6 Å². The van der Waals surface area contributed by atoms with Gasteiger partial charge in [0.2, 0.25) is 5.91 Å². The Bertz CT molecular complexity index is 115. The van der Waals surface area contributed by atoms with E-state index < -0.39 is 0 Å². The third kappa shape index (κ3) is 5.85. The monoisotopic (exact) mass is 159 g/mol. The Morgan fingerprint density at radius 3 is 2.73 bits per heavy atom. The lowest BCUT2D eigenvalue weighted by molar-refractivity contribution is -0.121. The van der Waals surface area contributed by atoms with Gasteiger partial charge in [-0.1, -0.05) is 6.92 Å². The minimum absolute atomic E-state index is 0.0791. The van der Waals surface area contributed by atoms with Crippen molar-refractivity contribution in [3.8, 4) is 0 Å². The summed E-state index contributed by atoms with van der Waals surface area (Å²) < 4.78 is 0. The maximum Gasteiger partial charge on any atom is 0.219 e. The Morgan fingerprint density at radius 2 is 2.27 bits per heavy atom. The molecule has 0 rings (SSSR count). The molecule has 0 aromatic heterocycles. The summed E-state index contributed by atoms with van der Waals surface area (Å²) in [7, 11) is 0. The van der Waals surface area contributed by atoms with Crippen LogP contribution in [0.5, 0.6) is 0 Å². The zero-order valence-electron chi connectivity index (χ0n) is 7.26. The Kier molecular flexibility index (Phi) is 5.84. The van der Waals surface area contributed by atoms with Crippen molar-refractivity contribution >= 4 is 5.91 Å². The Hall–Kier alpha value is -0.570. The third-order valence-electron chi connectivity index (χ3n) is 1.52. The molecule has 1 atom stereocenters. The highest BCUT2D eigenvalue weighted by atomic mass is 16.2. The summed E-state index contributed by atoms with van der Waals surface area (Å²) in [5.74, 6) is 0.0791. The number of carbonyl (C=O) groups is 1. The van der Waals surface area contributed by atoms with Crippen LogP contribution in [0.25, 0.3) is 0 Å². The van der Waals surface area contributed by atoms with Gasteiger partial charge in [0.1, 0.15) is 0 Å². The van der Waals surface area contributed by atoms with Crippen LogP contribution in [0.3, 0.4) is 0 Å². The molecule has 0 spiro atoms. The maximum absolute atomic E-state index is 10.8. The van der Waals surface area contributed by atoms with Crippen LogP contribution in [0.4, 0.5) is 0 Å². The third-order valence-corrected chi connectivity index (χ3v) is 1.52. The van der Waals surface area contributed by atoms with Crippen molar-refractivity contribution in [2.24, 2.45) is 0 Å². The van der Waals surface area contributed by atoms with Gasteiger partial charge in [-0.05, 0) is 19.8 Å². The van der Waals surface area contributed by atoms with Crippen LogP contribution < -0.4 is 5.32 Å². The Labute approximate surface area is 67.8 Å². The highest BCUT2D eigenvalue weighted by Gasteiger charge is 2.03. The molecule has 0 aromatic carbocycles. The standard InChI is InChI=1S/C8H17NO2/c1-3-8(11)9-7(2)5-4-6-10/h7,10H,3-6H2,1-2H3,(H,9,11). The first kappa shape index (κ1) is 10.4. The summed E-state index contributed by atoms with van der Waals surface area (Å²) in [6.07, 6.45) is 2.14. The summed E-state index contributed by atoms with van der Waals surface area (Å²) in [6.45, 7) is 3.98. The van der Waals surface area contributed by atoms with E-state index in [4.69, 9.17) is 5.11 Å². The SMILES string of the molecule is CCC(=O)NC(C)CCCO. The molecule has 1 amide bonds. The number of nitrogens with one attached hydrogen (secondary N) is 1. The molecule has 0 aliphatic rings. The maximum atomic E-state index is 10.8. The van der Waals surface area contributed by atoms with Crippen molar-refractivity contribution in [3.05, 3.63) is 0 Å². The largest absolute Gasteiger partial charge is 0.396 e. The quantitative estimate of drug-likeness (QED) is 0.619. The molecule has 66 valence electrons. The number of aliphatic hydroxyl groups excluding tert-OH is 1. The zero-order valence-corrected chi connectivity index (χ0v) is 7.26. The number of carbonyl (C=O) groups excluding carboxylic acids is 1. The van der Waals surface area contributed by atoms with Crippen molar-refractivity contribution in [1.82, 2.24) is 5.32 Å². The number of rotatable bonds is 5. The topological polar surface area (TPSA) is 49.3 Å². The molecule has 0 aliphatic carbocycles. The molecule has 1 unspecified atom stereocenters. The highest BCUT2D eigenvalue weighted by Crippen LogP contribution is 1.95. The summed E-state index contributed by atoms with van der Waals surface area (Å²) >= 11 is 0. The van der Waals surface area contributed by atoms with E-state index in [0.717, 1.165) is 12.8 Å². The lowest BCUT2D eigenvalue weighted by Gasteiger charge is -2.11. The van der Waals surface area contributed by atoms with Gasteiger partial charge in [0.05, 0.1) is 0 Å². The lowest BCUT2D eigenvalue weighted by Crippen LogP contribution is -2.31. The van der Waals surface area contributed by atoms with Crippen LogP contribution in [0, 0.1) is 0 Å². The van der Waals surface area contributed by atoms with Crippen molar-refractivity contribution in [2.75, 3.05) is 6.61 Å². The molecule has 3 heteroatoms. The Morgan fingerprint density at radius 1 is 1.64 bits per heavy atom. The van der Waals surface area contributed by atoms with Gasteiger partial charge < -0.3 is 10.4 Å². The van der Waals surface area contributed by atoms with Gasteiger partial charge in [-0.15, -0.1) is 0 Å². The van der Waals surface area contributed by atoms with E-state index in [9.17, 15) is 4.79 Å². The van der Waals surface area contributed by atoms with E-state index in [1.807, 2.05) is 13.8 Å². The van der Waals surface area contributed by atoms with Gasteiger partial charge >= 0.3 is 0 Å². The molecular weight excluding hydrogens is 142 g/mol. The van der Waals surface area contributed by atoms with Crippen molar-refractivity contribution < 1.29 is 9.90 Å². The number of hydrogen-bond donors (Lipinski definition) is 2. The van der Waals surface area contributed by atoms with Gasteiger partial charge in [-0.25, -0.2) is 0 Å². The predicted molar refractivity (Wildman–Crippen MR) is 44.2 cm³/mol. The van der Waals surface area contributed by atoms with Crippen LogP contribution in [0.15, 0.2) is 0 Å². The minimum Gasteiger partial charge on any atom is -0.396 e. The number of hydrogen-bond acceptors (Lipinski definition) is 2. The van der Waals surface area contributed by atoms with Crippen LogP contribution in [0.2, 0.25) is 0 Å². The Balaban J connectivity index is 3.35. The minimum atomic E-state index is 0.0791. The van der Waals surface area contributed by atoms with E-state index in [2.05, 4.69) is 5.32 Å². The van der Waals surface area contributed by atoms with Gasteiger partial charge in [0.15, 0.2) is 0 Å². The van der Waals surface area contributed by atoms with Crippen LogP contribution in [-0.2, 0) is 4.79 Å². The fourth-order valence-corrected chi connectivity index (χ4v) is 0.847. The van der Waals surface area contributed by atoms with Crippen molar-refractivity contribution in [2.45, 2.75) is 39.2 Å². The smallest absolute Gasteiger partial charge is 0.219 e. The fraction of sp³-hybridized carbons (Fsp3) is 0.875. The van der Waals surface area contributed by atoms with E-state index in [1.165, 1.54) is 0 Å². The second-order valence-corrected chi connectivity index (χ2v) is 2.69. The molecule has 2 N–H and O–H groups in total. The normalized spacial score (nSPS) is 12.6. The first-order valence-corrected chi connectivity index (χ1v) is 4.11. The average Bonchev–Trinajstić information content (AvgIpc) is 2.00. The molecule has 0 fully saturated rings. The molecule has 0 heterocycles. The summed E-state index contributed by atoms with van der Waals surface area (Å²) in [5.41, 5.74) is 0. The number of aliphatic hydroxyl groups is 1. The average molecular weight is 159 g/mol. The van der Waals surface area contributed by atoms with E-state index >= 15 is 0 Å². The summed E-state index contributed by atoms with van der Waals surface area (Å²) in [5, 5.41) is 11.3. The van der Waals surface area contributed by atoms with E-state index in [0.29, 0.717) is 6.42 Å². The van der Waals surface area contributed by atoms with Crippen molar-refractivity contribution in [3.63, 3.8) is 0 Å². The van der Waals surface area contributed by atoms with Crippen LogP contribution in [-0.4, -0.2) is 23.7 Å². The van der Waals surface area contributed by atoms with Gasteiger partial charge in [0, 0.05) is 19.1 Å². The van der Waals surface area contributed by atoms with Gasteiger partial charge in [0.25, 0.3) is 0 Å². The molecule has 0 aromatic rings. The summed E-state index contributed by atoms with van der Waals surface area (Å²) in [4.78, 5) is 10.8. The molecule has 0 saturated heterocycles. The van der Waals surface area contributed by atoms with Crippen LogP contribution in [0.1, 0.15) is 33.1 Å². The molecule has 11 heavy (non-hydrogen) atoms. The van der Waals surface area contributed by atoms with Crippen LogP contribution >= 0.6 is 0 Å². The second kappa shape index (κ2) is 6.16. The number of amides is 1. The second-order valence-electron chi connectivity index (χ2n) is 2.69. The van der Waals surface area contributed by atoms with Gasteiger partial charge in [-0.3, -0.25) is 4.79 Å². The summed E-state index contributed by atoms with van der Waals surface area (Å²) in [6, 6.07) is 0.189. The highest BCUT2D eigenvalue weighted by molar-refractivity contribution is 5.75. The first-order chi connectivity index (χ1) is 5.20. The molecule has 0 radical (unpaired) electrons. The molecular formula is C8H17NO2. The predicted octanol–water partition coefficient (Wildman–Crippen LogP) is 0.674. The molecule has 0 bridgehead atoms. The molecule has 0 aliphatic heterocycles. The van der Waals surface area contributed by atoms with Crippen molar-refractivity contribution in [1.29, 1.82) is 0 Å². The zero-order chi connectivity index (χ0) is 8.69. The molecule has 0 saturated carbocycles. The lowest BCUT2D eigenvalue weighted by atomic mass is 10.2. The van der Waals surface area contributed by atoms with E-state index in [1.54, 1.807) is 0 Å².